The van der Waals surface area contributed by atoms with Gasteiger partial charge in [-0.2, -0.15) is 4.98 Å². The van der Waals surface area contributed by atoms with Crippen molar-refractivity contribution in [1.29, 1.82) is 0 Å². The van der Waals surface area contributed by atoms with Crippen molar-refractivity contribution in [3.8, 4) is 5.75 Å². The Labute approximate surface area is 141 Å². The highest BCUT2D eigenvalue weighted by Gasteiger charge is 2.28. The molecule has 1 aliphatic rings. The number of likely N-dealkylation sites (N-methyl/N-ethyl adjacent to an activating group) is 1. The number of aromatic nitrogens is 2. The van der Waals surface area contributed by atoms with Gasteiger partial charge >= 0.3 is 0 Å². The van der Waals surface area contributed by atoms with Crippen LogP contribution in [0.2, 0.25) is 0 Å². The predicted octanol–water partition coefficient (Wildman–Crippen LogP) is 2.19. The van der Waals surface area contributed by atoms with Crippen molar-refractivity contribution in [2.75, 3.05) is 27.2 Å². The summed E-state index contributed by atoms with van der Waals surface area (Å²) in [7, 11) is 3.70. The maximum absolute atomic E-state index is 5.86. The third-order valence-corrected chi connectivity index (χ3v) is 3.84. The van der Waals surface area contributed by atoms with Crippen molar-refractivity contribution >= 4 is 0 Å². The highest BCUT2D eigenvalue weighted by molar-refractivity contribution is 5.27. The Kier molecular flexibility index (Phi) is 5.44. The number of rotatable bonds is 6. The van der Waals surface area contributed by atoms with Gasteiger partial charge in [0, 0.05) is 13.1 Å². The lowest BCUT2D eigenvalue weighted by Crippen LogP contribution is -2.40. The van der Waals surface area contributed by atoms with Crippen LogP contribution in [-0.4, -0.2) is 48.4 Å². The number of methoxy groups -OCH3 is 1. The van der Waals surface area contributed by atoms with E-state index in [2.05, 4.69) is 22.1 Å². The van der Waals surface area contributed by atoms with Gasteiger partial charge in [0.15, 0.2) is 5.82 Å². The molecule has 2 atom stereocenters. The molecule has 7 heteroatoms. The van der Waals surface area contributed by atoms with E-state index in [4.69, 9.17) is 18.7 Å². The molecule has 1 aromatic heterocycles. The van der Waals surface area contributed by atoms with Gasteiger partial charge in [0.2, 0.25) is 0 Å². The zero-order valence-corrected chi connectivity index (χ0v) is 14.3. The first-order chi connectivity index (χ1) is 11.6. The molecule has 2 aromatic rings. The third-order valence-electron chi connectivity index (χ3n) is 3.84. The fourth-order valence-corrected chi connectivity index (χ4v) is 2.78. The zero-order valence-electron chi connectivity index (χ0n) is 14.3. The third kappa shape index (κ3) is 4.31. The summed E-state index contributed by atoms with van der Waals surface area (Å²) in [5.74, 6) is 1.84. The summed E-state index contributed by atoms with van der Waals surface area (Å²) in [6.07, 6.45) is -0.0354. The number of ether oxygens (including phenoxy) is 3. The second-order valence-corrected chi connectivity index (χ2v) is 6.05. The Morgan fingerprint density at radius 3 is 2.96 bits per heavy atom. The molecule has 0 aliphatic carbocycles. The van der Waals surface area contributed by atoms with Gasteiger partial charge in [-0.15, -0.1) is 0 Å². The SMILES string of the molecule is COc1cccc(COCc2noc([C@H]3CN(C)C[C@@H](C)O3)n2)c1. The standard InChI is InChI=1S/C17H23N3O4/c1-12-8-20(2)9-15(23-12)17-18-16(19-24-17)11-22-10-13-5-4-6-14(7-13)21-3/h4-7,12,15H,8-11H2,1-3H3/t12-,15-/m1/s1. The molecule has 0 N–H and O–H groups in total. The Hall–Kier alpha value is -1.96. The van der Waals surface area contributed by atoms with Crippen molar-refractivity contribution in [3.63, 3.8) is 0 Å². The van der Waals surface area contributed by atoms with E-state index < -0.39 is 0 Å². The van der Waals surface area contributed by atoms with Crippen LogP contribution in [0.3, 0.4) is 0 Å². The first kappa shape index (κ1) is 16.9. The number of hydrogen-bond donors (Lipinski definition) is 0. The van der Waals surface area contributed by atoms with Crippen LogP contribution in [0.5, 0.6) is 5.75 Å². The molecule has 2 heterocycles. The molecule has 0 unspecified atom stereocenters. The minimum atomic E-state index is -0.182. The minimum Gasteiger partial charge on any atom is -0.497 e. The van der Waals surface area contributed by atoms with Gasteiger partial charge < -0.3 is 23.6 Å². The molecule has 3 rings (SSSR count). The topological polar surface area (TPSA) is 69.9 Å². The molecule has 7 nitrogen and oxygen atoms in total. The second-order valence-electron chi connectivity index (χ2n) is 6.05. The largest absolute Gasteiger partial charge is 0.497 e. The van der Waals surface area contributed by atoms with Gasteiger partial charge in [-0.3, -0.25) is 0 Å². The fraction of sp³-hybridized carbons (Fsp3) is 0.529. The lowest BCUT2D eigenvalue weighted by Gasteiger charge is -2.32. The normalized spacial score (nSPS) is 21.8. The average molecular weight is 333 g/mol. The molecule has 0 bridgehead atoms. The van der Waals surface area contributed by atoms with E-state index >= 15 is 0 Å². The summed E-state index contributed by atoms with van der Waals surface area (Å²) in [5, 5.41) is 3.97. The van der Waals surface area contributed by atoms with Crippen molar-refractivity contribution in [1.82, 2.24) is 15.0 Å². The Bertz CT molecular complexity index is 651. The number of benzene rings is 1. The zero-order chi connectivity index (χ0) is 16.9. The van der Waals surface area contributed by atoms with Crippen LogP contribution in [0.4, 0.5) is 0 Å². The molecular weight excluding hydrogens is 310 g/mol. The van der Waals surface area contributed by atoms with E-state index in [0.717, 1.165) is 24.4 Å². The van der Waals surface area contributed by atoms with Crippen LogP contribution < -0.4 is 4.74 Å². The van der Waals surface area contributed by atoms with E-state index in [1.807, 2.05) is 31.2 Å². The van der Waals surface area contributed by atoms with E-state index in [0.29, 0.717) is 24.9 Å². The summed E-state index contributed by atoms with van der Waals surface area (Å²) in [4.78, 5) is 6.59. The molecule has 1 aromatic carbocycles. The molecule has 1 aliphatic heterocycles. The fourth-order valence-electron chi connectivity index (χ4n) is 2.78. The lowest BCUT2D eigenvalue weighted by atomic mass is 10.2. The van der Waals surface area contributed by atoms with E-state index in [1.165, 1.54) is 0 Å². The van der Waals surface area contributed by atoms with Crippen LogP contribution in [0.15, 0.2) is 28.8 Å². The quantitative estimate of drug-likeness (QED) is 0.802. The van der Waals surface area contributed by atoms with E-state index in [9.17, 15) is 0 Å². The predicted molar refractivity (Wildman–Crippen MR) is 86.6 cm³/mol. The van der Waals surface area contributed by atoms with Crippen LogP contribution in [0, 0.1) is 0 Å². The first-order valence-electron chi connectivity index (χ1n) is 8.01. The number of hydrogen-bond acceptors (Lipinski definition) is 7. The van der Waals surface area contributed by atoms with E-state index in [1.54, 1.807) is 7.11 Å². The summed E-state index contributed by atoms with van der Waals surface area (Å²) in [6, 6.07) is 7.76. The highest BCUT2D eigenvalue weighted by Crippen LogP contribution is 2.23. The Morgan fingerprint density at radius 2 is 2.17 bits per heavy atom. The smallest absolute Gasteiger partial charge is 0.257 e. The molecule has 1 fully saturated rings. The summed E-state index contributed by atoms with van der Waals surface area (Å²) < 4.78 is 22.0. The molecule has 0 amide bonds. The summed E-state index contributed by atoms with van der Waals surface area (Å²) in [6.45, 7) is 4.44. The van der Waals surface area contributed by atoms with Gasteiger partial charge in [0.1, 0.15) is 18.5 Å². The number of nitrogens with zero attached hydrogens (tertiary/aromatic N) is 3. The van der Waals surface area contributed by atoms with Crippen molar-refractivity contribution in [3.05, 3.63) is 41.5 Å². The van der Waals surface area contributed by atoms with Gasteiger partial charge in [0.05, 0.1) is 19.8 Å². The molecule has 0 saturated carbocycles. The average Bonchev–Trinajstić information content (AvgIpc) is 3.03. The monoisotopic (exact) mass is 333 g/mol. The van der Waals surface area contributed by atoms with Crippen molar-refractivity contribution in [2.24, 2.45) is 0 Å². The van der Waals surface area contributed by atoms with E-state index in [-0.39, 0.29) is 12.2 Å². The summed E-state index contributed by atoms with van der Waals surface area (Å²) in [5.41, 5.74) is 1.03. The maximum atomic E-state index is 5.86. The van der Waals surface area contributed by atoms with Gasteiger partial charge in [-0.25, -0.2) is 0 Å². The van der Waals surface area contributed by atoms with Gasteiger partial charge in [-0.1, -0.05) is 17.3 Å². The molecule has 0 spiro atoms. The molecule has 24 heavy (non-hydrogen) atoms. The number of morpholine rings is 1. The molecular formula is C17H23N3O4. The van der Waals surface area contributed by atoms with Crippen LogP contribution in [0.1, 0.15) is 30.3 Å². The van der Waals surface area contributed by atoms with Crippen molar-refractivity contribution < 1.29 is 18.7 Å². The highest BCUT2D eigenvalue weighted by atomic mass is 16.5. The molecule has 130 valence electrons. The second kappa shape index (κ2) is 7.74. The Morgan fingerprint density at radius 1 is 1.29 bits per heavy atom. The van der Waals surface area contributed by atoms with Crippen molar-refractivity contribution in [2.45, 2.75) is 32.3 Å². The maximum Gasteiger partial charge on any atom is 0.257 e. The lowest BCUT2D eigenvalue weighted by molar-refractivity contribution is -0.0838. The van der Waals surface area contributed by atoms with Gasteiger partial charge in [0.25, 0.3) is 5.89 Å². The molecule has 1 saturated heterocycles. The van der Waals surface area contributed by atoms with Crippen LogP contribution >= 0.6 is 0 Å². The van der Waals surface area contributed by atoms with Crippen LogP contribution in [-0.2, 0) is 22.7 Å². The first-order valence-corrected chi connectivity index (χ1v) is 8.01. The Balaban J connectivity index is 1.52. The minimum absolute atomic E-state index is 0.147. The van der Waals surface area contributed by atoms with Gasteiger partial charge in [-0.05, 0) is 31.7 Å². The molecule has 0 radical (unpaired) electrons. The summed E-state index contributed by atoms with van der Waals surface area (Å²) >= 11 is 0. The van der Waals surface area contributed by atoms with Crippen LogP contribution in [0.25, 0.3) is 0 Å².